The molecule has 1 unspecified atom stereocenters. The molecule has 0 aliphatic carbocycles. The third-order valence-corrected chi connectivity index (χ3v) is 6.39. The van der Waals surface area contributed by atoms with Gasteiger partial charge in [-0.15, -0.1) is 0 Å². The molecule has 1 aliphatic heterocycles. The molecule has 0 amide bonds. The van der Waals surface area contributed by atoms with Crippen LogP contribution in [-0.2, 0) is 29.2 Å². The number of aromatic nitrogens is 4. The van der Waals surface area contributed by atoms with Crippen LogP contribution in [0.15, 0.2) is 40.3 Å². The Morgan fingerprint density at radius 1 is 1.09 bits per heavy atom. The average molecular weight is 496 g/mol. The molecule has 3 heterocycles. The Labute approximate surface area is 178 Å². The van der Waals surface area contributed by atoms with Gasteiger partial charge in [0.15, 0.2) is 6.23 Å². The van der Waals surface area contributed by atoms with Gasteiger partial charge in [0.25, 0.3) is 5.56 Å². The van der Waals surface area contributed by atoms with Crippen molar-refractivity contribution in [3.63, 3.8) is 0 Å². The maximum atomic E-state index is 12.8. The van der Waals surface area contributed by atoms with Gasteiger partial charge in [0.2, 0.25) is 0 Å². The van der Waals surface area contributed by atoms with E-state index in [4.69, 9.17) is 14.5 Å². The zero-order valence-electron chi connectivity index (χ0n) is 15.9. The molecule has 3 rings (SSSR count). The minimum absolute atomic E-state index is 0.160. The van der Waals surface area contributed by atoms with Gasteiger partial charge >= 0.3 is 21.3 Å². The van der Waals surface area contributed by atoms with Crippen LogP contribution in [0.5, 0.6) is 0 Å². The summed E-state index contributed by atoms with van der Waals surface area (Å²) in [6.45, 7) is -1.22. The van der Waals surface area contributed by atoms with Crippen molar-refractivity contribution in [2.75, 3.05) is 6.61 Å². The molecule has 0 spiro atoms. The van der Waals surface area contributed by atoms with E-state index in [2.05, 4.69) is 18.8 Å². The second kappa shape index (κ2) is 9.41. The van der Waals surface area contributed by atoms with Crippen LogP contribution in [0.3, 0.4) is 0 Å². The molecule has 0 bridgehead atoms. The van der Waals surface area contributed by atoms with Crippen molar-refractivity contribution in [1.82, 2.24) is 19.1 Å². The summed E-state index contributed by atoms with van der Waals surface area (Å²) in [6, 6.07) is 2.55. The van der Waals surface area contributed by atoms with Gasteiger partial charge in [0.05, 0.1) is 13.2 Å². The van der Waals surface area contributed by atoms with Crippen LogP contribution >= 0.6 is 15.6 Å². The van der Waals surface area contributed by atoms with Crippen LogP contribution in [-0.4, -0.2) is 68.9 Å². The molecule has 32 heavy (non-hydrogen) atoms. The summed E-state index contributed by atoms with van der Waals surface area (Å²) >= 11 is 0. The lowest BCUT2D eigenvalue weighted by atomic mass is 10.1. The largest absolute Gasteiger partial charge is 0.481 e. The number of ether oxygens (including phenoxy) is 1. The molecule has 0 saturated carbocycles. The first-order valence-electron chi connectivity index (χ1n) is 8.72. The minimum atomic E-state index is -5.36. The first-order valence-corrected chi connectivity index (χ1v) is 11.7. The third-order valence-electron chi connectivity index (χ3n) is 4.24. The van der Waals surface area contributed by atoms with E-state index in [1.807, 2.05) is 0 Å². The van der Waals surface area contributed by atoms with Gasteiger partial charge in [0, 0.05) is 24.7 Å². The summed E-state index contributed by atoms with van der Waals surface area (Å²) in [7, 11) is -10.6. The fourth-order valence-electron chi connectivity index (χ4n) is 2.85. The Kier molecular flexibility index (Phi) is 7.21. The molecule has 5 atom stereocenters. The summed E-state index contributed by atoms with van der Waals surface area (Å²) in [6.07, 6.45) is -2.66. The highest BCUT2D eigenvalue weighted by atomic mass is 31.3. The molecule has 1 aliphatic rings. The Morgan fingerprint density at radius 2 is 1.75 bits per heavy atom. The van der Waals surface area contributed by atoms with E-state index in [1.165, 1.54) is 18.5 Å². The molecule has 18 heteroatoms. The summed E-state index contributed by atoms with van der Waals surface area (Å²) in [5.41, 5.74) is -1.62. The molecule has 5 N–H and O–H groups in total. The van der Waals surface area contributed by atoms with Gasteiger partial charge < -0.3 is 29.6 Å². The Hall–Kier alpha value is -2.10. The maximum absolute atomic E-state index is 12.8. The van der Waals surface area contributed by atoms with E-state index in [0.717, 1.165) is 21.4 Å². The molecule has 1 fully saturated rings. The van der Waals surface area contributed by atoms with Crippen LogP contribution in [0.1, 0.15) is 12.1 Å². The van der Waals surface area contributed by atoms with Crippen molar-refractivity contribution in [2.45, 2.75) is 31.1 Å². The van der Waals surface area contributed by atoms with E-state index in [-0.39, 0.29) is 12.4 Å². The van der Waals surface area contributed by atoms with Crippen LogP contribution in [0.4, 0.5) is 0 Å². The topological polar surface area (TPSA) is 233 Å². The van der Waals surface area contributed by atoms with Crippen molar-refractivity contribution in [1.29, 1.82) is 0 Å². The fourth-order valence-corrected chi connectivity index (χ4v) is 4.45. The van der Waals surface area contributed by atoms with Gasteiger partial charge in [-0.25, -0.2) is 23.9 Å². The van der Waals surface area contributed by atoms with Gasteiger partial charge in [-0.2, -0.15) is 4.31 Å². The number of aliphatic hydroxyl groups excluding tert-OH is 2. The summed E-state index contributed by atoms with van der Waals surface area (Å²) in [5.74, 6) is 0.160. The minimum Gasteiger partial charge on any atom is -0.387 e. The lowest BCUT2D eigenvalue weighted by Gasteiger charge is -2.19. The number of rotatable bonds is 8. The lowest BCUT2D eigenvalue weighted by molar-refractivity contribution is -0.0547. The van der Waals surface area contributed by atoms with E-state index in [9.17, 15) is 33.8 Å². The van der Waals surface area contributed by atoms with Crippen molar-refractivity contribution in [2.24, 2.45) is 0 Å². The first kappa shape index (κ1) is 24.5. The maximum Gasteiger partial charge on any atom is 0.481 e. The SMILES string of the molecule is O=c1ccn([C@@H]2O[C@H](COP(=O)(O)OP(=O)(O)O)[C@@H](O)[C@H]2O)c(=O)n1Cc1ncccn1. The van der Waals surface area contributed by atoms with Crippen LogP contribution in [0.2, 0.25) is 0 Å². The molecule has 0 radical (unpaired) electrons. The van der Waals surface area contributed by atoms with Crippen molar-refractivity contribution < 1.29 is 47.6 Å². The second-order valence-corrected chi connectivity index (χ2v) is 9.31. The van der Waals surface area contributed by atoms with E-state index in [1.54, 1.807) is 0 Å². The van der Waals surface area contributed by atoms with E-state index < -0.39 is 58.0 Å². The number of phosphoric ester groups is 1. The fraction of sp³-hybridized carbons (Fsp3) is 0.429. The average Bonchev–Trinajstić information content (AvgIpc) is 2.97. The zero-order valence-corrected chi connectivity index (χ0v) is 17.7. The van der Waals surface area contributed by atoms with Gasteiger partial charge in [-0.1, -0.05) is 0 Å². The summed E-state index contributed by atoms with van der Waals surface area (Å²) in [4.78, 5) is 59.3. The first-order chi connectivity index (χ1) is 14.9. The van der Waals surface area contributed by atoms with Crippen molar-refractivity contribution >= 4 is 15.6 Å². The number of aliphatic hydroxyl groups is 2. The molecule has 16 nitrogen and oxygen atoms in total. The Balaban J connectivity index is 1.79. The summed E-state index contributed by atoms with van der Waals surface area (Å²) < 4.78 is 37.1. The Bertz CT molecular complexity index is 1160. The lowest BCUT2D eigenvalue weighted by Crippen LogP contribution is -2.43. The number of hydrogen-bond donors (Lipinski definition) is 5. The monoisotopic (exact) mass is 496 g/mol. The normalized spacial score (nSPS) is 25.5. The standard InChI is InChI=1S/C14H18N4O12P2/c19-10-2-5-17(14(22)18(10)6-9-15-3-1-4-16-9)13-12(21)11(20)8(29-13)7-28-32(26,27)30-31(23,24)25/h1-5,8,11-13,20-21H,6-7H2,(H,26,27)(H2,23,24,25)/t8-,11-,12-,13-/m1/s1. The summed E-state index contributed by atoms with van der Waals surface area (Å²) in [5, 5.41) is 20.4. The predicted octanol–water partition coefficient (Wildman–Crippen LogP) is -2.31. The van der Waals surface area contributed by atoms with Crippen LogP contribution < -0.4 is 11.2 Å². The molecular weight excluding hydrogens is 478 g/mol. The van der Waals surface area contributed by atoms with Gasteiger partial charge in [-0.05, 0) is 6.07 Å². The Morgan fingerprint density at radius 3 is 2.38 bits per heavy atom. The highest BCUT2D eigenvalue weighted by molar-refractivity contribution is 7.60. The third kappa shape index (κ3) is 5.82. The van der Waals surface area contributed by atoms with Crippen molar-refractivity contribution in [3.8, 4) is 0 Å². The number of phosphoric acid groups is 2. The van der Waals surface area contributed by atoms with E-state index in [0.29, 0.717) is 0 Å². The number of nitrogens with zero attached hydrogens (tertiary/aromatic N) is 4. The van der Waals surface area contributed by atoms with Crippen LogP contribution in [0.25, 0.3) is 0 Å². The van der Waals surface area contributed by atoms with Crippen molar-refractivity contribution in [3.05, 3.63) is 57.4 Å². The molecule has 0 aromatic carbocycles. The molecular formula is C14H18N4O12P2. The quantitative estimate of drug-likeness (QED) is 0.242. The van der Waals surface area contributed by atoms with Gasteiger partial charge in [0.1, 0.15) is 24.1 Å². The smallest absolute Gasteiger partial charge is 0.387 e. The number of hydrogen-bond acceptors (Lipinski definition) is 11. The predicted molar refractivity (Wildman–Crippen MR) is 101 cm³/mol. The molecule has 2 aromatic heterocycles. The zero-order chi connectivity index (χ0) is 23.7. The van der Waals surface area contributed by atoms with E-state index >= 15 is 0 Å². The second-order valence-electron chi connectivity index (χ2n) is 6.48. The van der Waals surface area contributed by atoms with Crippen LogP contribution in [0, 0.1) is 0 Å². The highest BCUT2D eigenvalue weighted by Gasteiger charge is 2.46. The molecule has 1 saturated heterocycles. The van der Waals surface area contributed by atoms with Gasteiger partial charge in [-0.3, -0.25) is 18.5 Å². The molecule has 176 valence electrons. The highest BCUT2D eigenvalue weighted by Crippen LogP contribution is 2.57. The molecule has 2 aromatic rings.